The molecular formula is C14H13BrN2O4. The van der Waals surface area contributed by atoms with E-state index in [-0.39, 0.29) is 5.69 Å². The van der Waals surface area contributed by atoms with Gasteiger partial charge in [-0.1, -0.05) is 0 Å². The number of carboxylic acid groups (broad SMARTS) is 1. The number of halogens is 1. The number of aryl methyl sites for hydroxylation is 2. The van der Waals surface area contributed by atoms with Gasteiger partial charge in [0.1, 0.15) is 13.2 Å². The monoisotopic (exact) mass is 352 g/mol. The molecule has 1 aliphatic heterocycles. The van der Waals surface area contributed by atoms with Crippen molar-refractivity contribution in [1.29, 1.82) is 0 Å². The molecule has 1 aromatic heterocycles. The SMILES string of the molecule is Cc1cc2c(c(Br)c1-c1cc(C(=O)O)nn1C)OCCO2. The normalized spacial score (nSPS) is 13.3. The fraction of sp³-hybridized carbons (Fsp3) is 0.286. The van der Waals surface area contributed by atoms with Crippen LogP contribution in [0, 0.1) is 6.92 Å². The van der Waals surface area contributed by atoms with Crippen LogP contribution in [0.5, 0.6) is 11.5 Å². The van der Waals surface area contributed by atoms with Gasteiger partial charge in [-0.2, -0.15) is 5.10 Å². The Morgan fingerprint density at radius 3 is 2.76 bits per heavy atom. The number of benzene rings is 1. The molecule has 2 aromatic rings. The maximum absolute atomic E-state index is 11.1. The van der Waals surface area contributed by atoms with Crippen LogP contribution in [-0.4, -0.2) is 34.1 Å². The summed E-state index contributed by atoms with van der Waals surface area (Å²) in [7, 11) is 1.71. The minimum Gasteiger partial charge on any atom is -0.486 e. The van der Waals surface area contributed by atoms with Gasteiger partial charge in [0.15, 0.2) is 17.2 Å². The average Bonchev–Trinajstić information content (AvgIpc) is 2.81. The van der Waals surface area contributed by atoms with Gasteiger partial charge in [-0.25, -0.2) is 4.79 Å². The van der Waals surface area contributed by atoms with Crippen molar-refractivity contribution in [2.75, 3.05) is 13.2 Å². The molecule has 0 saturated heterocycles. The lowest BCUT2D eigenvalue weighted by molar-refractivity contribution is 0.0689. The van der Waals surface area contributed by atoms with Crippen LogP contribution in [0.2, 0.25) is 0 Å². The van der Waals surface area contributed by atoms with Crippen LogP contribution in [0.25, 0.3) is 11.3 Å². The molecule has 0 atom stereocenters. The molecular weight excluding hydrogens is 340 g/mol. The van der Waals surface area contributed by atoms with E-state index in [0.29, 0.717) is 30.4 Å². The van der Waals surface area contributed by atoms with Crippen LogP contribution in [0.1, 0.15) is 16.1 Å². The number of hydrogen-bond acceptors (Lipinski definition) is 4. The molecule has 1 aliphatic rings. The van der Waals surface area contributed by atoms with Gasteiger partial charge in [-0.15, -0.1) is 0 Å². The van der Waals surface area contributed by atoms with Crippen molar-refractivity contribution in [1.82, 2.24) is 9.78 Å². The van der Waals surface area contributed by atoms with E-state index in [1.54, 1.807) is 17.8 Å². The van der Waals surface area contributed by atoms with Gasteiger partial charge in [0.25, 0.3) is 0 Å². The Bertz CT molecular complexity index is 739. The summed E-state index contributed by atoms with van der Waals surface area (Å²) in [4.78, 5) is 11.1. The molecule has 6 nitrogen and oxygen atoms in total. The number of aromatic carboxylic acids is 1. The van der Waals surface area contributed by atoms with E-state index in [4.69, 9.17) is 14.6 Å². The molecule has 3 rings (SSSR count). The van der Waals surface area contributed by atoms with E-state index < -0.39 is 5.97 Å². The van der Waals surface area contributed by atoms with Gasteiger partial charge in [0.2, 0.25) is 0 Å². The molecule has 0 amide bonds. The number of carboxylic acids is 1. The first-order chi connectivity index (χ1) is 9.99. The first-order valence-corrected chi connectivity index (χ1v) is 7.14. The van der Waals surface area contributed by atoms with Gasteiger partial charge in [-0.05, 0) is 40.5 Å². The number of aromatic nitrogens is 2. The van der Waals surface area contributed by atoms with Crippen LogP contribution in [-0.2, 0) is 7.05 Å². The summed E-state index contributed by atoms with van der Waals surface area (Å²) in [6.07, 6.45) is 0. The molecule has 110 valence electrons. The van der Waals surface area contributed by atoms with Crippen molar-refractivity contribution < 1.29 is 19.4 Å². The molecule has 2 heterocycles. The lowest BCUT2D eigenvalue weighted by atomic mass is 10.0. The van der Waals surface area contributed by atoms with Gasteiger partial charge in [-0.3, -0.25) is 4.68 Å². The Balaban J connectivity index is 2.21. The minimum atomic E-state index is -1.05. The topological polar surface area (TPSA) is 73.6 Å². The first kappa shape index (κ1) is 13.9. The standard InChI is InChI=1S/C14H13BrN2O4/c1-7-5-10-13(21-4-3-20-10)12(15)11(7)9-6-8(14(18)19)16-17(9)2/h5-6H,3-4H2,1-2H3,(H,18,19). The fourth-order valence-electron chi connectivity index (χ4n) is 2.39. The quantitative estimate of drug-likeness (QED) is 0.899. The van der Waals surface area contributed by atoms with Crippen molar-refractivity contribution >= 4 is 21.9 Å². The zero-order valence-corrected chi connectivity index (χ0v) is 13.1. The smallest absolute Gasteiger partial charge is 0.356 e. The molecule has 1 aromatic carbocycles. The highest BCUT2D eigenvalue weighted by atomic mass is 79.9. The summed E-state index contributed by atoms with van der Waals surface area (Å²) in [5.74, 6) is 0.276. The van der Waals surface area contributed by atoms with E-state index in [0.717, 1.165) is 15.6 Å². The van der Waals surface area contributed by atoms with Gasteiger partial charge < -0.3 is 14.6 Å². The van der Waals surface area contributed by atoms with Crippen LogP contribution < -0.4 is 9.47 Å². The molecule has 0 bridgehead atoms. The van der Waals surface area contributed by atoms with Crippen LogP contribution in [0.4, 0.5) is 0 Å². The Hall–Kier alpha value is -2.02. The minimum absolute atomic E-state index is 0.00805. The predicted molar refractivity (Wildman–Crippen MR) is 79.0 cm³/mol. The molecule has 0 saturated carbocycles. The van der Waals surface area contributed by atoms with Crippen molar-refractivity contribution in [2.24, 2.45) is 7.05 Å². The Labute approximate surface area is 129 Å². The summed E-state index contributed by atoms with van der Waals surface area (Å²) < 4.78 is 13.5. The molecule has 7 heteroatoms. The Morgan fingerprint density at radius 1 is 1.38 bits per heavy atom. The highest BCUT2D eigenvalue weighted by molar-refractivity contribution is 9.10. The number of ether oxygens (including phenoxy) is 2. The van der Waals surface area contributed by atoms with E-state index in [9.17, 15) is 4.79 Å². The number of rotatable bonds is 2. The number of hydrogen-bond donors (Lipinski definition) is 1. The van der Waals surface area contributed by atoms with E-state index in [2.05, 4.69) is 21.0 Å². The summed E-state index contributed by atoms with van der Waals surface area (Å²) in [5, 5.41) is 13.1. The molecule has 21 heavy (non-hydrogen) atoms. The van der Waals surface area contributed by atoms with Gasteiger partial charge in [0.05, 0.1) is 10.2 Å². The fourth-order valence-corrected chi connectivity index (χ4v) is 3.21. The molecule has 1 N–H and O–H groups in total. The third-order valence-corrected chi connectivity index (χ3v) is 4.08. The highest BCUT2D eigenvalue weighted by Crippen LogP contribution is 2.45. The summed E-state index contributed by atoms with van der Waals surface area (Å²) in [6, 6.07) is 3.44. The van der Waals surface area contributed by atoms with Gasteiger partial charge in [0, 0.05) is 12.6 Å². The number of nitrogens with zero attached hydrogens (tertiary/aromatic N) is 2. The Morgan fingerprint density at radius 2 is 2.10 bits per heavy atom. The van der Waals surface area contributed by atoms with Crippen LogP contribution in [0.15, 0.2) is 16.6 Å². The number of fused-ring (bicyclic) bond motifs is 1. The molecule has 0 aliphatic carbocycles. The number of carbonyl (C=O) groups is 1. The van der Waals surface area contributed by atoms with E-state index in [1.165, 1.54) is 0 Å². The maximum Gasteiger partial charge on any atom is 0.356 e. The van der Waals surface area contributed by atoms with Gasteiger partial charge >= 0.3 is 5.97 Å². The Kier molecular flexibility index (Phi) is 3.36. The second-order valence-electron chi connectivity index (χ2n) is 4.75. The third kappa shape index (κ3) is 2.27. The third-order valence-electron chi connectivity index (χ3n) is 3.33. The molecule has 0 radical (unpaired) electrons. The molecule has 0 unspecified atom stereocenters. The maximum atomic E-state index is 11.1. The zero-order chi connectivity index (χ0) is 15.1. The summed E-state index contributed by atoms with van der Waals surface area (Å²) in [5.41, 5.74) is 2.51. The van der Waals surface area contributed by atoms with E-state index in [1.807, 2.05) is 13.0 Å². The van der Waals surface area contributed by atoms with Crippen molar-refractivity contribution in [3.63, 3.8) is 0 Å². The average molecular weight is 353 g/mol. The van der Waals surface area contributed by atoms with Crippen molar-refractivity contribution in [3.8, 4) is 22.8 Å². The lowest BCUT2D eigenvalue weighted by Crippen LogP contribution is -2.16. The summed E-state index contributed by atoms with van der Waals surface area (Å²) in [6.45, 7) is 2.94. The molecule has 0 spiro atoms. The largest absolute Gasteiger partial charge is 0.486 e. The van der Waals surface area contributed by atoms with Crippen molar-refractivity contribution in [3.05, 3.63) is 27.9 Å². The second kappa shape index (κ2) is 5.07. The van der Waals surface area contributed by atoms with Crippen LogP contribution in [0.3, 0.4) is 0 Å². The summed E-state index contributed by atoms with van der Waals surface area (Å²) >= 11 is 3.54. The second-order valence-corrected chi connectivity index (χ2v) is 5.54. The van der Waals surface area contributed by atoms with Crippen LogP contribution >= 0.6 is 15.9 Å². The highest BCUT2D eigenvalue weighted by Gasteiger charge is 2.23. The van der Waals surface area contributed by atoms with Crippen molar-refractivity contribution in [2.45, 2.75) is 6.92 Å². The zero-order valence-electron chi connectivity index (χ0n) is 11.5. The lowest BCUT2D eigenvalue weighted by Gasteiger charge is -2.22. The predicted octanol–water partition coefficient (Wildman–Crippen LogP) is 2.63. The molecule has 0 fully saturated rings. The van der Waals surface area contributed by atoms with E-state index >= 15 is 0 Å². The first-order valence-electron chi connectivity index (χ1n) is 6.35.